The summed E-state index contributed by atoms with van der Waals surface area (Å²) in [6.45, 7) is 8.78. The van der Waals surface area contributed by atoms with Crippen LogP contribution in [0.1, 0.15) is 31.9 Å². The third-order valence-electron chi connectivity index (χ3n) is 5.58. The predicted molar refractivity (Wildman–Crippen MR) is 127 cm³/mol. The van der Waals surface area contributed by atoms with Gasteiger partial charge in [-0.25, -0.2) is 0 Å². The van der Waals surface area contributed by atoms with Gasteiger partial charge in [-0.1, -0.05) is 41.4 Å². The highest BCUT2D eigenvalue weighted by Crippen LogP contribution is 2.24. The predicted octanol–water partition coefficient (Wildman–Crippen LogP) is 5.56. The summed E-state index contributed by atoms with van der Waals surface area (Å²) in [6, 6.07) is 16.2. The van der Waals surface area contributed by atoms with Crippen LogP contribution in [0.2, 0.25) is 5.02 Å². The molecular weight excluding hydrogens is 428 g/mol. The molecule has 0 atom stereocenters. The number of aryl methyl sites for hydroxylation is 2. The Kier molecular flexibility index (Phi) is 6.96. The van der Waals surface area contributed by atoms with E-state index in [2.05, 4.69) is 36.1 Å². The molecule has 1 saturated heterocycles. The normalized spacial score (nSPS) is 14.6. The van der Waals surface area contributed by atoms with Crippen molar-refractivity contribution in [3.63, 3.8) is 0 Å². The van der Waals surface area contributed by atoms with Crippen LogP contribution in [0.25, 0.3) is 0 Å². The van der Waals surface area contributed by atoms with Gasteiger partial charge in [0.15, 0.2) is 0 Å². The van der Waals surface area contributed by atoms with Crippen LogP contribution in [0.4, 0.5) is 0 Å². The van der Waals surface area contributed by atoms with Crippen molar-refractivity contribution in [3.05, 3.63) is 86.1 Å². The lowest BCUT2D eigenvalue weighted by atomic mass is 10.1. The van der Waals surface area contributed by atoms with E-state index in [0.29, 0.717) is 11.6 Å². The Balaban J connectivity index is 1.28. The second-order valence-electron chi connectivity index (χ2n) is 8.07. The van der Waals surface area contributed by atoms with E-state index in [1.165, 1.54) is 22.5 Å². The van der Waals surface area contributed by atoms with Gasteiger partial charge in [0.05, 0.1) is 4.88 Å². The standard InChI is InChI=1S/C25H27ClN2O2S/c1-18-3-5-20(6-4-18)15-27-9-11-28(12-10-27)25(29)24-14-21(17-31-24)16-30-23-8-7-22(26)13-19(23)2/h3-8,13-14,17H,9-12,15-16H2,1-2H3. The van der Waals surface area contributed by atoms with Gasteiger partial charge >= 0.3 is 0 Å². The van der Waals surface area contributed by atoms with Crippen molar-refractivity contribution in [2.75, 3.05) is 26.2 Å². The molecule has 0 unspecified atom stereocenters. The Morgan fingerprint density at radius 2 is 1.74 bits per heavy atom. The summed E-state index contributed by atoms with van der Waals surface area (Å²) in [5.41, 5.74) is 4.62. The molecule has 162 valence electrons. The second-order valence-corrected chi connectivity index (χ2v) is 9.42. The zero-order chi connectivity index (χ0) is 21.8. The number of carbonyl (C=O) groups is 1. The highest BCUT2D eigenvalue weighted by Gasteiger charge is 2.23. The Hall–Kier alpha value is -2.34. The van der Waals surface area contributed by atoms with Gasteiger partial charge in [0.2, 0.25) is 0 Å². The van der Waals surface area contributed by atoms with Crippen molar-refractivity contribution in [1.82, 2.24) is 9.80 Å². The zero-order valence-electron chi connectivity index (χ0n) is 17.9. The van der Waals surface area contributed by atoms with Crippen LogP contribution >= 0.6 is 22.9 Å². The number of carbonyl (C=O) groups excluding carboxylic acids is 1. The average Bonchev–Trinajstić information content (AvgIpc) is 3.24. The number of halogens is 1. The number of ether oxygens (including phenoxy) is 1. The quantitative estimate of drug-likeness (QED) is 0.489. The summed E-state index contributed by atoms with van der Waals surface area (Å²) in [5, 5.41) is 2.71. The maximum absolute atomic E-state index is 12.9. The lowest BCUT2D eigenvalue weighted by Crippen LogP contribution is -2.48. The van der Waals surface area contributed by atoms with Crippen LogP contribution in [0.5, 0.6) is 5.75 Å². The number of nitrogens with zero attached hydrogens (tertiary/aromatic N) is 2. The molecule has 2 aromatic carbocycles. The highest BCUT2D eigenvalue weighted by atomic mass is 35.5. The van der Waals surface area contributed by atoms with Crippen LogP contribution in [0.3, 0.4) is 0 Å². The van der Waals surface area contributed by atoms with Crippen LogP contribution in [-0.2, 0) is 13.2 Å². The zero-order valence-corrected chi connectivity index (χ0v) is 19.5. The van der Waals surface area contributed by atoms with Crippen molar-refractivity contribution < 1.29 is 9.53 Å². The van der Waals surface area contributed by atoms with Gasteiger partial charge in [-0.05, 0) is 54.6 Å². The molecule has 0 radical (unpaired) electrons. The van der Waals surface area contributed by atoms with E-state index in [1.807, 2.05) is 41.5 Å². The van der Waals surface area contributed by atoms with E-state index in [1.54, 1.807) is 0 Å². The smallest absolute Gasteiger partial charge is 0.264 e. The van der Waals surface area contributed by atoms with Gasteiger partial charge in [-0.2, -0.15) is 0 Å². The SMILES string of the molecule is Cc1ccc(CN2CCN(C(=O)c3cc(COc4ccc(Cl)cc4C)cs3)CC2)cc1. The number of piperazine rings is 1. The summed E-state index contributed by atoms with van der Waals surface area (Å²) < 4.78 is 5.91. The van der Waals surface area contributed by atoms with Crippen LogP contribution in [0.15, 0.2) is 53.9 Å². The molecule has 3 aromatic rings. The first kappa shape index (κ1) is 21.9. The van der Waals surface area contributed by atoms with Gasteiger partial charge in [0.25, 0.3) is 5.91 Å². The Bertz CT molecular complexity index is 1040. The molecule has 1 aliphatic heterocycles. The molecule has 31 heavy (non-hydrogen) atoms. The van der Waals surface area contributed by atoms with E-state index in [4.69, 9.17) is 16.3 Å². The molecule has 0 bridgehead atoms. The van der Waals surface area contributed by atoms with Gasteiger partial charge in [0.1, 0.15) is 12.4 Å². The fraction of sp³-hybridized carbons (Fsp3) is 0.320. The first-order valence-electron chi connectivity index (χ1n) is 10.5. The summed E-state index contributed by atoms with van der Waals surface area (Å²) in [4.78, 5) is 18.1. The minimum Gasteiger partial charge on any atom is -0.489 e. The number of hydrogen-bond acceptors (Lipinski definition) is 4. The first-order chi connectivity index (χ1) is 15.0. The van der Waals surface area contributed by atoms with Gasteiger partial charge in [-0.15, -0.1) is 11.3 Å². The Morgan fingerprint density at radius 3 is 2.45 bits per heavy atom. The molecule has 4 nitrogen and oxygen atoms in total. The van der Waals surface area contributed by atoms with Crippen LogP contribution in [-0.4, -0.2) is 41.9 Å². The monoisotopic (exact) mass is 454 g/mol. The molecule has 0 saturated carbocycles. The number of hydrogen-bond donors (Lipinski definition) is 0. The fourth-order valence-corrected chi connectivity index (χ4v) is 4.81. The van der Waals surface area contributed by atoms with E-state index in [-0.39, 0.29) is 5.91 Å². The third-order valence-corrected chi connectivity index (χ3v) is 6.78. The van der Waals surface area contributed by atoms with Crippen molar-refractivity contribution in [2.24, 2.45) is 0 Å². The average molecular weight is 455 g/mol. The molecule has 1 aliphatic rings. The Labute approximate surface area is 193 Å². The molecular formula is C25H27ClN2O2S. The summed E-state index contributed by atoms with van der Waals surface area (Å²) in [7, 11) is 0. The van der Waals surface area contributed by atoms with E-state index < -0.39 is 0 Å². The summed E-state index contributed by atoms with van der Waals surface area (Å²) >= 11 is 7.49. The minimum absolute atomic E-state index is 0.119. The van der Waals surface area contributed by atoms with Crippen LogP contribution in [0, 0.1) is 13.8 Å². The van der Waals surface area contributed by atoms with E-state index in [9.17, 15) is 4.79 Å². The van der Waals surface area contributed by atoms with Crippen LogP contribution < -0.4 is 4.74 Å². The first-order valence-corrected chi connectivity index (χ1v) is 11.8. The van der Waals surface area contributed by atoms with E-state index in [0.717, 1.165) is 54.5 Å². The molecule has 0 N–H and O–H groups in total. The maximum Gasteiger partial charge on any atom is 0.264 e. The van der Waals surface area contributed by atoms with Crippen molar-refractivity contribution in [1.29, 1.82) is 0 Å². The molecule has 1 aromatic heterocycles. The highest BCUT2D eigenvalue weighted by molar-refractivity contribution is 7.12. The summed E-state index contributed by atoms with van der Waals surface area (Å²) in [6.07, 6.45) is 0. The van der Waals surface area contributed by atoms with Gasteiger partial charge in [-0.3, -0.25) is 9.69 Å². The topological polar surface area (TPSA) is 32.8 Å². The van der Waals surface area contributed by atoms with Gasteiger partial charge < -0.3 is 9.64 Å². The second kappa shape index (κ2) is 9.86. The largest absolute Gasteiger partial charge is 0.489 e. The van der Waals surface area contributed by atoms with Crippen molar-refractivity contribution in [3.8, 4) is 5.75 Å². The number of rotatable bonds is 6. The fourth-order valence-electron chi connectivity index (χ4n) is 3.72. The lowest BCUT2D eigenvalue weighted by molar-refractivity contribution is 0.0633. The van der Waals surface area contributed by atoms with E-state index >= 15 is 0 Å². The Morgan fingerprint density at radius 1 is 1.00 bits per heavy atom. The van der Waals surface area contributed by atoms with Crippen molar-refractivity contribution in [2.45, 2.75) is 27.0 Å². The third kappa shape index (κ3) is 5.67. The number of amides is 1. The molecule has 2 heterocycles. The molecule has 4 rings (SSSR count). The van der Waals surface area contributed by atoms with Crippen molar-refractivity contribution >= 4 is 28.8 Å². The molecule has 1 fully saturated rings. The minimum atomic E-state index is 0.119. The maximum atomic E-state index is 12.9. The molecule has 0 spiro atoms. The number of benzene rings is 2. The molecule has 1 amide bonds. The molecule has 6 heteroatoms. The lowest BCUT2D eigenvalue weighted by Gasteiger charge is -2.34. The summed E-state index contributed by atoms with van der Waals surface area (Å²) in [5.74, 6) is 0.932. The number of thiophene rings is 1. The molecule has 0 aliphatic carbocycles. The van der Waals surface area contributed by atoms with Gasteiger partial charge in [0, 0.05) is 43.3 Å².